The number of aromatic nitrogens is 2. The van der Waals surface area contributed by atoms with Crippen LogP contribution >= 0.6 is 0 Å². The molecule has 3 heterocycles. The molecule has 2 aliphatic heterocycles. The van der Waals surface area contributed by atoms with E-state index in [9.17, 15) is 0 Å². The molecule has 3 aliphatic rings. The van der Waals surface area contributed by atoms with Gasteiger partial charge in [-0.05, 0) is 50.9 Å². The summed E-state index contributed by atoms with van der Waals surface area (Å²) >= 11 is 0. The second-order valence-electron chi connectivity index (χ2n) is 8.72. The van der Waals surface area contributed by atoms with Crippen molar-refractivity contribution >= 4 is 11.5 Å². The minimum absolute atomic E-state index is 0.0174. The van der Waals surface area contributed by atoms with Gasteiger partial charge in [-0.25, -0.2) is 9.97 Å². The van der Waals surface area contributed by atoms with Gasteiger partial charge < -0.3 is 9.64 Å². The van der Waals surface area contributed by atoms with Gasteiger partial charge in [-0.2, -0.15) is 0 Å². The fourth-order valence-corrected chi connectivity index (χ4v) is 4.33. The van der Waals surface area contributed by atoms with Crippen molar-refractivity contribution in [1.29, 1.82) is 0 Å². The molecule has 1 aromatic carbocycles. The maximum Gasteiger partial charge on any atom is 0.132 e. The molecule has 0 amide bonds. The molecule has 0 N–H and O–H groups in total. The number of likely N-dealkylation sites (N-methyl/N-ethyl adjacent to an activating group) is 1. The normalized spacial score (nSPS) is 22.9. The van der Waals surface area contributed by atoms with E-state index in [2.05, 4.69) is 64.8 Å². The van der Waals surface area contributed by atoms with Crippen LogP contribution in [0.4, 0.5) is 5.82 Å². The Bertz CT molecular complexity index is 952. The van der Waals surface area contributed by atoms with Gasteiger partial charge in [-0.1, -0.05) is 13.0 Å². The summed E-state index contributed by atoms with van der Waals surface area (Å²) in [6.07, 6.45) is 3.93. The second-order valence-corrected chi connectivity index (χ2v) is 8.72. The van der Waals surface area contributed by atoms with Gasteiger partial charge in [0.25, 0.3) is 0 Å². The van der Waals surface area contributed by atoms with E-state index in [0.717, 1.165) is 67.6 Å². The Morgan fingerprint density at radius 3 is 2.79 bits per heavy atom. The highest BCUT2D eigenvalue weighted by atomic mass is 16.5. The van der Waals surface area contributed by atoms with E-state index in [1.165, 1.54) is 5.56 Å². The van der Waals surface area contributed by atoms with Gasteiger partial charge in [-0.3, -0.25) is 9.89 Å². The maximum absolute atomic E-state index is 6.17. The molecule has 2 fully saturated rings. The number of hydrogen-bond donors (Lipinski definition) is 0. The van der Waals surface area contributed by atoms with Crippen molar-refractivity contribution in [1.82, 2.24) is 14.9 Å². The number of fused-ring (bicyclic) bond motifs is 1. The van der Waals surface area contributed by atoms with Crippen LogP contribution in [0, 0.1) is 0 Å². The number of ether oxygens (including phenoxy) is 1. The van der Waals surface area contributed by atoms with Crippen LogP contribution in [0.15, 0.2) is 35.6 Å². The molecule has 29 heavy (non-hydrogen) atoms. The summed E-state index contributed by atoms with van der Waals surface area (Å²) in [6.45, 7) is 11.5. The standard InChI is InChI=1S/C23H29N5O/c1-4-27-9-10-28(14-16(27)2)21-12-20(25-15-26-21)22-19-11-18(29-23(3)7-8-23)6-5-17(19)13-24-22/h5-6,11-12,15-16H,4,7-10,13-14H2,1-3H3/t16-/m1/s1. The van der Waals surface area contributed by atoms with E-state index in [-0.39, 0.29) is 5.60 Å². The lowest BCUT2D eigenvalue weighted by Gasteiger charge is -2.39. The number of benzene rings is 1. The van der Waals surface area contributed by atoms with Crippen LogP contribution in [-0.2, 0) is 6.54 Å². The second kappa shape index (κ2) is 7.10. The number of piperazine rings is 1. The Hall–Kier alpha value is -2.47. The smallest absolute Gasteiger partial charge is 0.132 e. The highest BCUT2D eigenvalue weighted by Crippen LogP contribution is 2.40. The first-order valence-corrected chi connectivity index (χ1v) is 10.7. The van der Waals surface area contributed by atoms with Crippen molar-refractivity contribution in [2.75, 3.05) is 31.1 Å². The molecule has 2 aromatic rings. The Labute approximate surface area is 172 Å². The average molecular weight is 392 g/mol. The Morgan fingerprint density at radius 2 is 2.03 bits per heavy atom. The summed E-state index contributed by atoms with van der Waals surface area (Å²) < 4.78 is 6.17. The van der Waals surface area contributed by atoms with Gasteiger partial charge in [0.2, 0.25) is 0 Å². The largest absolute Gasteiger partial charge is 0.488 e. The van der Waals surface area contributed by atoms with Crippen LogP contribution in [0.2, 0.25) is 0 Å². The van der Waals surface area contributed by atoms with Gasteiger partial charge in [-0.15, -0.1) is 0 Å². The Balaban J connectivity index is 1.39. The lowest BCUT2D eigenvalue weighted by molar-refractivity contribution is 0.199. The zero-order chi connectivity index (χ0) is 20.0. The maximum atomic E-state index is 6.17. The van der Waals surface area contributed by atoms with E-state index in [1.54, 1.807) is 6.33 Å². The van der Waals surface area contributed by atoms with Crippen molar-refractivity contribution in [3.05, 3.63) is 47.4 Å². The first-order chi connectivity index (χ1) is 14.0. The molecule has 1 aliphatic carbocycles. The molecule has 152 valence electrons. The Kier molecular flexibility index (Phi) is 4.54. The van der Waals surface area contributed by atoms with Gasteiger partial charge in [0.15, 0.2) is 0 Å². The van der Waals surface area contributed by atoms with Gasteiger partial charge in [0.05, 0.1) is 18.0 Å². The summed E-state index contributed by atoms with van der Waals surface area (Å²) in [7, 11) is 0. The van der Waals surface area contributed by atoms with E-state index in [1.807, 2.05) is 0 Å². The third-order valence-electron chi connectivity index (χ3n) is 6.45. The van der Waals surface area contributed by atoms with E-state index >= 15 is 0 Å². The minimum atomic E-state index is 0.0174. The molecule has 0 spiro atoms. The Morgan fingerprint density at radius 1 is 1.17 bits per heavy atom. The minimum Gasteiger partial charge on any atom is -0.488 e. The topological polar surface area (TPSA) is 53.9 Å². The van der Waals surface area contributed by atoms with Crippen LogP contribution in [-0.4, -0.2) is 58.4 Å². The van der Waals surface area contributed by atoms with Crippen LogP contribution in [0.3, 0.4) is 0 Å². The highest BCUT2D eigenvalue weighted by Gasteiger charge is 2.40. The monoisotopic (exact) mass is 391 g/mol. The van der Waals surface area contributed by atoms with Crippen LogP contribution in [0.5, 0.6) is 5.75 Å². The van der Waals surface area contributed by atoms with Crippen LogP contribution in [0.25, 0.3) is 0 Å². The molecule has 1 saturated carbocycles. The summed E-state index contributed by atoms with van der Waals surface area (Å²) in [6, 6.07) is 8.97. The first-order valence-electron chi connectivity index (χ1n) is 10.7. The van der Waals surface area contributed by atoms with E-state index in [4.69, 9.17) is 9.73 Å². The lowest BCUT2D eigenvalue weighted by Crippen LogP contribution is -2.52. The molecule has 1 aromatic heterocycles. The fourth-order valence-electron chi connectivity index (χ4n) is 4.33. The van der Waals surface area contributed by atoms with Gasteiger partial charge in [0, 0.05) is 37.3 Å². The number of nitrogens with zero attached hydrogens (tertiary/aromatic N) is 5. The van der Waals surface area contributed by atoms with Crippen molar-refractivity contribution in [3.8, 4) is 5.75 Å². The molecule has 0 radical (unpaired) electrons. The zero-order valence-corrected chi connectivity index (χ0v) is 17.6. The van der Waals surface area contributed by atoms with E-state index in [0.29, 0.717) is 12.6 Å². The van der Waals surface area contributed by atoms with Gasteiger partial charge >= 0.3 is 0 Å². The lowest BCUT2D eigenvalue weighted by atomic mass is 10.0. The summed E-state index contributed by atoms with van der Waals surface area (Å²) in [5.74, 6) is 1.92. The molecule has 0 bridgehead atoms. The molecule has 6 heteroatoms. The molecule has 6 nitrogen and oxygen atoms in total. The number of rotatable bonds is 5. The van der Waals surface area contributed by atoms with Gasteiger partial charge in [0.1, 0.15) is 23.5 Å². The fraction of sp³-hybridized carbons (Fsp3) is 0.522. The third-order valence-corrected chi connectivity index (χ3v) is 6.45. The quantitative estimate of drug-likeness (QED) is 0.783. The van der Waals surface area contributed by atoms with Crippen molar-refractivity contribution in [2.24, 2.45) is 4.99 Å². The first kappa shape index (κ1) is 18.6. The summed E-state index contributed by atoms with van der Waals surface area (Å²) in [5.41, 5.74) is 4.24. The predicted octanol–water partition coefficient (Wildman–Crippen LogP) is 3.29. The SMILES string of the molecule is CCN1CCN(c2cc(C3=NCc4ccc(OC5(C)CC5)cc43)ncn2)C[C@H]1C. The van der Waals surface area contributed by atoms with Crippen molar-refractivity contribution in [3.63, 3.8) is 0 Å². The third kappa shape index (κ3) is 3.62. The highest BCUT2D eigenvalue weighted by molar-refractivity contribution is 6.14. The molecule has 1 saturated heterocycles. The predicted molar refractivity (Wildman–Crippen MR) is 115 cm³/mol. The average Bonchev–Trinajstić information content (AvgIpc) is 3.30. The molecule has 5 rings (SSSR count). The van der Waals surface area contributed by atoms with Crippen LogP contribution < -0.4 is 9.64 Å². The van der Waals surface area contributed by atoms with Crippen molar-refractivity contribution < 1.29 is 4.74 Å². The molecule has 1 atom stereocenters. The summed E-state index contributed by atoms with van der Waals surface area (Å²) in [5, 5.41) is 0. The molecular weight excluding hydrogens is 362 g/mol. The van der Waals surface area contributed by atoms with Crippen LogP contribution in [0.1, 0.15) is 50.4 Å². The number of aliphatic imine (C=N–C) groups is 1. The van der Waals surface area contributed by atoms with E-state index < -0.39 is 0 Å². The molecule has 0 unspecified atom stereocenters. The van der Waals surface area contributed by atoms with Crippen molar-refractivity contribution in [2.45, 2.75) is 51.8 Å². The number of hydrogen-bond acceptors (Lipinski definition) is 6. The summed E-state index contributed by atoms with van der Waals surface area (Å²) in [4.78, 5) is 18.8. The zero-order valence-electron chi connectivity index (χ0n) is 17.6. The molecular formula is C23H29N5O. The number of anilines is 1.